The molecule has 0 spiro atoms. The van der Waals surface area contributed by atoms with Crippen molar-refractivity contribution in [2.24, 2.45) is 0 Å². The zero-order valence-corrected chi connectivity index (χ0v) is 15.5. The quantitative estimate of drug-likeness (QED) is 0.873. The van der Waals surface area contributed by atoms with Gasteiger partial charge in [-0.15, -0.1) is 0 Å². The molecule has 1 atom stereocenters. The Morgan fingerprint density at radius 1 is 1.36 bits per heavy atom. The van der Waals surface area contributed by atoms with Crippen LogP contribution in [-0.2, 0) is 14.9 Å². The molecular formula is C19H28N2O4. The topological polar surface area (TPSA) is 78.9 Å². The number of ether oxygens (including phenoxy) is 1. The number of phenolic OH excluding ortho intramolecular Hbond substituents is 1. The van der Waals surface area contributed by atoms with E-state index in [2.05, 4.69) is 5.32 Å². The van der Waals surface area contributed by atoms with Crippen LogP contribution in [0.3, 0.4) is 0 Å². The van der Waals surface area contributed by atoms with Gasteiger partial charge in [0.05, 0.1) is 13.2 Å². The summed E-state index contributed by atoms with van der Waals surface area (Å²) in [5.41, 5.74) is 0.967. The minimum Gasteiger partial charge on any atom is -0.508 e. The smallest absolute Gasteiger partial charge is 0.254 e. The zero-order chi connectivity index (χ0) is 18.6. The lowest BCUT2D eigenvalue weighted by Crippen LogP contribution is -2.51. The van der Waals surface area contributed by atoms with Crippen molar-refractivity contribution in [3.05, 3.63) is 29.3 Å². The lowest BCUT2D eigenvalue weighted by Gasteiger charge is -2.32. The summed E-state index contributed by atoms with van der Waals surface area (Å²) >= 11 is 0. The molecule has 0 saturated carbocycles. The number of phenols is 1. The van der Waals surface area contributed by atoms with Crippen LogP contribution in [0.5, 0.6) is 5.75 Å². The van der Waals surface area contributed by atoms with E-state index >= 15 is 0 Å². The standard InChI is InChI=1S/C19H28N2O4/c1-5-8-20-17(23)16-12-21(9-10-25-16)18(24)13-6-7-15(22)14(11-13)19(2,3)4/h6-7,11,16,22H,5,8-10,12H2,1-4H3,(H,20,23). The van der Waals surface area contributed by atoms with Gasteiger partial charge in [-0.05, 0) is 30.0 Å². The Labute approximate surface area is 149 Å². The molecule has 1 aromatic carbocycles. The van der Waals surface area contributed by atoms with E-state index in [1.807, 2.05) is 27.7 Å². The number of nitrogens with zero attached hydrogens (tertiary/aromatic N) is 1. The summed E-state index contributed by atoms with van der Waals surface area (Å²) in [6.45, 7) is 9.55. The molecule has 1 heterocycles. The van der Waals surface area contributed by atoms with Crippen molar-refractivity contribution in [3.63, 3.8) is 0 Å². The predicted molar refractivity (Wildman–Crippen MR) is 95.8 cm³/mol. The molecule has 138 valence electrons. The summed E-state index contributed by atoms with van der Waals surface area (Å²) in [4.78, 5) is 26.6. The summed E-state index contributed by atoms with van der Waals surface area (Å²) in [6, 6.07) is 4.91. The van der Waals surface area contributed by atoms with Gasteiger partial charge in [0.2, 0.25) is 0 Å². The molecule has 0 aliphatic carbocycles. The van der Waals surface area contributed by atoms with Gasteiger partial charge in [-0.3, -0.25) is 9.59 Å². The third kappa shape index (κ3) is 4.72. The summed E-state index contributed by atoms with van der Waals surface area (Å²) in [5, 5.41) is 12.9. The van der Waals surface area contributed by atoms with Crippen LogP contribution in [0, 0.1) is 0 Å². The second kappa shape index (κ2) is 7.87. The van der Waals surface area contributed by atoms with Gasteiger partial charge in [0.1, 0.15) is 5.75 Å². The van der Waals surface area contributed by atoms with E-state index < -0.39 is 6.10 Å². The predicted octanol–water partition coefficient (Wildman–Crippen LogP) is 2.06. The van der Waals surface area contributed by atoms with Gasteiger partial charge in [-0.25, -0.2) is 0 Å². The summed E-state index contributed by atoms with van der Waals surface area (Å²) in [7, 11) is 0. The van der Waals surface area contributed by atoms with Crippen molar-refractivity contribution in [1.82, 2.24) is 10.2 Å². The van der Waals surface area contributed by atoms with Gasteiger partial charge in [-0.1, -0.05) is 27.7 Å². The van der Waals surface area contributed by atoms with Crippen molar-refractivity contribution < 1.29 is 19.4 Å². The number of benzene rings is 1. The van der Waals surface area contributed by atoms with Crippen molar-refractivity contribution >= 4 is 11.8 Å². The third-order valence-corrected chi connectivity index (χ3v) is 4.25. The van der Waals surface area contributed by atoms with Crippen LogP contribution < -0.4 is 5.32 Å². The monoisotopic (exact) mass is 348 g/mol. The van der Waals surface area contributed by atoms with Crippen LogP contribution in [0.15, 0.2) is 18.2 Å². The maximum atomic E-state index is 12.8. The summed E-state index contributed by atoms with van der Waals surface area (Å²) in [5.74, 6) is -0.148. The van der Waals surface area contributed by atoms with E-state index in [0.717, 1.165) is 12.0 Å². The molecule has 1 aliphatic heterocycles. The number of morpholine rings is 1. The molecule has 2 rings (SSSR count). The molecule has 0 radical (unpaired) electrons. The second-order valence-electron chi connectivity index (χ2n) is 7.38. The molecule has 1 unspecified atom stereocenters. The van der Waals surface area contributed by atoms with Crippen molar-refractivity contribution in [3.8, 4) is 5.75 Å². The van der Waals surface area contributed by atoms with Crippen LogP contribution >= 0.6 is 0 Å². The molecule has 1 aliphatic rings. The van der Waals surface area contributed by atoms with Crippen molar-refractivity contribution in [2.75, 3.05) is 26.2 Å². The molecule has 2 N–H and O–H groups in total. The molecular weight excluding hydrogens is 320 g/mol. The third-order valence-electron chi connectivity index (χ3n) is 4.25. The Kier molecular flexibility index (Phi) is 6.06. The molecule has 1 fully saturated rings. The van der Waals surface area contributed by atoms with Gasteiger partial charge in [-0.2, -0.15) is 0 Å². The van der Waals surface area contributed by atoms with Crippen LogP contribution in [-0.4, -0.2) is 54.2 Å². The Hall–Kier alpha value is -2.08. The van der Waals surface area contributed by atoms with Crippen molar-refractivity contribution in [1.29, 1.82) is 0 Å². The van der Waals surface area contributed by atoms with E-state index in [1.54, 1.807) is 23.1 Å². The number of aromatic hydroxyl groups is 1. The molecule has 1 saturated heterocycles. The van der Waals surface area contributed by atoms with Gasteiger partial charge in [0.25, 0.3) is 11.8 Å². The van der Waals surface area contributed by atoms with Gasteiger partial charge in [0.15, 0.2) is 6.10 Å². The fourth-order valence-corrected chi connectivity index (χ4v) is 2.81. The number of nitrogens with one attached hydrogen (secondary N) is 1. The first-order valence-corrected chi connectivity index (χ1v) is 8.76. The number of hydrogen-bond acceptors (Lipinski definition) is 4. The zero-order valence-electron chi connectivity index (χ0n) is 15.5. The molecule has 2 amide bonds. The number of carbonyl (C=O) groups excluding carboxylic acids is 2. The van der Waals surface area contributed by atoms with Crippen LogP contribution in [0.2, 0.25) is 0 Å². The fourth-order valence-electron chi connectivity index (χ4n) is 2.81. The Bertz CT molecular complexity index is 637. The first kappa shape index (κ1) is 19.2. The molecule has 0 aromatic heterocycles. The number of amides is 2. The lowest BCUT2D eigenvalue weighted by atomic mass is 9.85. The first-order valence-electron chi connectivity index (χ1n) is 8.76. The minimum atomic E-state index is -0.636. The normalized spacial score (nSPS) is 18.1. The highest BCUT2D eigenvalue weighted by molar-refractivity contribution is 5.95. The van der Waals surface area contributed by atoms with Crippen LogP contribution in [0.4, 0.5) is 0 Å². The Morgan fingerprint density at radius 3 is 2.72 bits per heavy atom. The average Bonchev–Trinajstić information content (AvgIpc) is 2.58. The van der Waals surface area contributed by atoms with E-state index in [0.29, 0.717) is 25.3 Å². The first-order chi connectivity index (χ1) is 11.7. The second-order valence-corrected chi connectivity index (χ2v) is 7.38. The van der Waals surface area contributed by atoms with E-state index in [1.165, 1.54) is 0 Å². The summed E-state index contributed by atoms with van der Waals surface area (Å²) < 4.78 is 5.50. The van der Waals surface area contributed by atoms with Crippen LogP contribution in [0.25, 0.3) is 0 Å². The number of rotatable bonds is 4. The molecule has 6 nitrogen and oxygen atoms in total. The maximum absolute atomic E-state index is 12.8. The van der Waals surface area contributed by atoms with E-state index in [9.17, 15) is 14.7 Å². The fraction of sp³-hybridized carbons (Fsp3) is 0.579. The Balaban J connectivity index is 2.13. The van der Waals surface area contributed by atoms with Crippen LogP contribution in [0.1, 0.15) is 50.0 Å². The van der Waals surface area contributed by atoms with Gasteiger partial charge in [0, 0.05) is 24.2 Å². The SMILES string of the molecule is CCCNC(=O)C1CN(C(=O)c2ccc(O)c(C(C)(C)C)c2)CCO1. The number of carbonyl (C=O) groups is 2. The molecule has 0 bridgehead atoms. The number of hydrogen-bond donors (Lipinski definition) is 2. The van der Waals surface area contributed by atoms with Gasteiger partial charge >= 0.3 is 0 Å². The largest absolute Gasteiger partial charge is 0.508 e. The van der Waals surface area contributed by atoms with Crippen molar-refractivity contribution in [2.45, 2.75) is 45.6 Å². The minimum absolute atomic E-state index is 0.151. The highest BCUT2D eigenvalue weighted by Crippen LogP contribution is 2.31. The molecule has 6 heteroatoms. The van der Waals surface area contributed by atoms with Gasteiger partial charge < -0.3 is 20.1 Å². The maximum Gasteiger partial charge on any atom is 0.254 e. The van der Waals surface area contributed by atoms with E-state index in [4.69, 9.17) is 4.74 Å². The average molecular weight is 348 g/mol. The highest BCUT2D eigenvalue weighted by Gasteiger charge is 2.30. The molecule has 1 aromatic rings. The summed E-state index contributed by atoms with van der Waals surface area (Å²) in [6.07, 6.45) is 0.216. The molecule has 25 heavy (non-hydrogen) atoms. The van der Waals surface area contributed by atoms with E-state index in [-0.39, 0.29) is 29.5 Å². The highest BCUT2D eigenvalue weighted by atomic mass is 16.5. The lowest BCUT2D eigenvalue weighted by molar-refractivity contribution is -0.137. The Morgan fingerprint density at radius 2 is 2.08 bits per heavy atom.